The van der Waals surface area contributed by atoms with Gasteiger partial charge in [-0.05, 0) is 19.4 Å². The van der Waals surface area contributed by atoms with E-state index >= 15 is 0 Å². The van der Waals surface area contributed by atoms with E-state index in [1.54, 1.807) is 0 Å². The molecule has 1 heterocycles. The van der Waals surface area contributed by atoms with E-state index in [1.807, 2.05) is 19.2 Å². The Morgan fingerprint density at radius 2 is 2.04 bits per heavy atom. The average Bonchev–Trinajstić information content (AvgIpc) is 2.73. The molecule has 0 amide bonds. The van der Waals surface area contributed by atoms with E-state index in [2.05, 4.69) is 46.5 Å². The topological polar surface area (TPSA) is 58.1 Å². The van der Waals surface area contributed by atoms with Crippen molar-refractivity contribution < 1.29 is 9.47 Å². The first-order valence-electron chi connectivity index (χ1n) is 10.7. The fraction of sp³-hybridized carbons (Fsp3) is 0.682. The van der Waals surface area contributed by atoms with E-state index in [9.17, 15) is 0 Å². The second-order valence-electron chi connectivity index (χ2n) is 7.38. The average molecular weight is 391 g/mol. The molecule has 0 aliphatic carbocycles. The Morgan fingerprint density at radius 3 is 2.79 bits per heavy atom. The van der Waals surface area contributed by atoms with E-state index in [4.69, 9.17) is 9.47 Å². The highest BCUT2D eigenvalue weighted by Gasteiger charge is 2.11. The van der Waals surface area contributed by atoms with Crippen molar-refractivity contribution in [3.8, 4) is 5.75 Å². The van der Waals surface area contributed by atoms with Gasteiger partial charge in [-0.2, -0.15) is 0 Å². The van der Waals surface area contributed by atoms with Crippen LogP contribution in [-0.4, -0.2) is 63.4 Å². The van der Waals surface area contributed by atoms with E-state index in [0.29, 0.717) is 19.2 Å². The molecule has 2 rings (SSSR count). The molecular formula is C22H38N4O2. The molecule has 0 saturated carbocycles. The number of aliphatic imine (C=N–C) groups is 1. The number of benzene rings is 1. The lowest BCUT2D eigenvalue weighted by molar-refractivity contribution is 0.0322. The van der Waals surface area contributed by atoms with Crippen LogP contribution in [0.15, 0.2) is 29.3 Å². The van der Waals surface area contributed by atoms with Crippen molar-refractivity contribution in [1.29, 1.82) is 0 Å². The van der Waals surface area contributed by atoms with Gasteiger partial charge in [0.25, 0.3) is 0 Å². The first kappa shape index (κ1) is 22.5. The van der Waals surface area contributed by atoms with Crippen LogP contribution in [0.2, 0.25) is 0 Å². The molecule has 2 N–H and O–H groups in total. The third kappa shape index (κ3) is 8.48. The summed E-state index contributed by atoms with van der Waals surface area (Å²) in [4.78, 5) is 6.74. The summed E-state index contributed by atoms with van der Waals surface area (Å²) < 4.78 is 11.5. The van der Waals surface area contributed by atoms with Gasteiger partial charge in [-0.15, -0.1) is 0 Å². The smallest absolute Gasteiger partial charge is 0.191 e. The predicted octanol–water partition coefficient (Wildman–Crippen LogP) is 3.03. The predicted molar refractivity (Wildman–Crippen MR) is 116 cm³/mol. The second kappa shape index (κ2) is 13.4. The van der Waals surface area contributed by atoms with E-state index in [1.165, 1.54) is 19.3 Å². The maximum absolute atomic E-state index is 6.07. The highest BCUT2D eigenvalue weighted by atomic mass is 16.5. The molecule has 0 spiro atoms. The van der Waals surface area contributed by atoms with Crippen molar-refractivity contribution in [2.45, 2.75) is 52.1 Å². The second-order valence-corrected chi connectivity index (χ2v) is 7.38. The molecular weight excluding hydrogens is 352 g/mol. The Morgan fingerprint density at radius 1 is 1.25 bits per heavy atom. The maximum Gasteiger partial charge on any atom is 0.191 e. The van der Waals surface area contributed by atoms with Crippen LogP contribution in [-0.2, 0) is 11.3 Å². The summed E-state index contributed by atoms with van der Waals surface area (Å²) in [5, 5.41) is 6.90. The van der Waals surface area contributed by atoms with Crippen LogP contribution in [0.25, 0.3) is 0 Å². The highest BCUT2D eigenvalue weighted by Crippen LogP contribution is 2.17. The molecule has 158 valence electrons. The van der Waals surface area contributed by atoms with E-state index in [-0.39, 0.29) is 0 Å². The zero-order valence-electron chi connectivity index (χ0n) is 17.9. The zero-order chi connectivity index (χ0) is 20.0. The monoisotopic (exact) mass is 390 g/mol. The normalized spacial score (nSPS) is 16.6. The number of guanidine groups is 1. The molecule has 0 bridgehead atoms. The number of nitrogens with one attached hydrogen (secondary N) is 2. The highest BCUT2D eigenvalue weighted by molar-refractivity contribution is 5.79. The quantitative estimate of drug-likeness (QED) is 0.346. The van der Waals surface area contributed by atoms with Crippen LogP contribution in [0.3, 0.4) is 0 Å². The van der Waals surface area contributed by atoms with Gasteiger partial charge in [0.1, 0.15) is 12.4 Å². The number of nitrogens with zero attached hydrogens (tertiary/aromatic N) is 2. The summed E-state index contributed by atoms with van der Waals surface area (Å²) in [6.07, 6.45) is 4.95. The standard InChI is InChI=1S/C22H38N4O2/c1-4-5-6-9-19(2)25-22(23-3)24-18-20-10-7-8-11-21(20)28-17-14-26-12-15-27-16-13-26/h7-8,10-11,19H,4-6,9,12-18H2,1-3H3,(H2,23,24,25). The van der Waals surface area contributed by atoms with Crippen LogP contribution >= 0.6 is 0 Å². The number of ether oxygens (including phenoxy) is 2. The Kier molecular flexibility index (Phi) is 10.8. The minimum absolute atomic E-state index is 0.415. The molecule has 1 aliphatic heterocycles. The van der Waals surface area contributed by atoms with Gasteiger partial charge in [-0.25, -0.2) is 0 Å². The van der Waals surface area contributed by atoms with Crippen molar-refractivity contribution >= 4 is 5.96 Å². The van der Waals surface area contributed by atoms with Crippen molar-refractivity contribution in [2.24, 2.45) is 4.99 Å². The van der Waals surface area contributed by atoms with E-state index < -0.39 is 0 Å². The third-order valence-electron chi connectivity index (χ3n) is 5.04. The first-order valence-corrected chi connectivity index (χ1v) is 10.7. The Labute approximate surface area is 170 Å². The van der Waals surface area contributed by atoms with Gasteiger partial charge in [-0.3, -0.25) is 9.89 Å². The first-order chi connectivity index (χ1) is 13.7. The van der Waals surface area contributed by atoms with Crippen molar-refractivity contribution in [2.75, 3.05) is 46.5 Å². The van der Waals surface area contributed by atoms with Crippen molar-refractivity contribution in [1.82, 2.24) is 15.5 Å². The molecule has 6 heteroatoms. The molecule has 1 saturated heterocycles. The molecule has 0 radical (unpaired) electrons. The summed E-state index contributed by atoms with van der Waals surface area (Å²) in [6.45, 7) is 10.4. The zero-order valence-corrected chi connectivity index (χ0v) is 17.9. The number of para-hydroxylation sites is 1. The molecule has 28 heavy (non-hydrogen) atoms. The van der Waals surface area contributed by atoms with E-state index in [0.717, 1.165) is 56.5 Å². The van der Waals surface area contributed by atoms with Crippen LogP contribution in [0, 0.1) is 0 Å². The van der Waals surface area contributed by atoms with Crippen LogP contribution in [0.5, 0.6) is 5.75 Å². The molecule has 0 aromatic heterocycles. The lowest BCUT2D eigenvalue weighted by Gasteiger charge is -2.26. The molecule has 1 aliphatic rings. The summed E-state index contributed by atoms with van der Waals surface area (Å²) in [5.74, 6) is 1.78. The lowest BCUT2D eigenvalue weighted by atomic mass is 10.1. The SMILES string of the molecule is CCCCCC(C)NC(=NC)NCc1ccccc1OCCN1CCOCC1. The van der Waals surface area contributed by atoms with Gasteiger partial charge >= 0.3 is 0 Å². The number of morpholine rings is 1. The largest absolute Gasteiger partial charge is 0.492 e. The van der Waals surface area contributed by atoms with Gasteiger partial charge in [0.05, 0.1) is 13.2 Å². The van der Waals surface area contributed by atoms with Crippen molar-refractivity contribution in [3.05, 3.63) is 29.8 Å². The summed E-state index contributed by atoms with van der Waals surface area (Å²) in [6, 6.07) is 8.64. The van der Waals surface area contributed by atoms with Gasteiger partial charge in [-0.1, -0.05) is 44.4 Å². The third-order valence-corrected chi connectivity index (χ3v) is 5.04. The number of hydrogen-bond donors (Lipinski definition) is 2. The minimum Gasteiger partial charge on any atom is -0.492 e. The Hall–Kier alpha value is -1.79. The Bertz CT molecular complexity index is 573. The number of rotatable bonds is 11. The minimum atomic E-state index is 0.415. The van der Waals surface area contributed by atoms with Crippen molar-refractivity contribution in [3.63, 3.8) is 0 Å². The lowest BCUT2D eigenvalue weighted by Crippen LogP contribution is -2.41. The Balaban J connectivity index is 1.77. The fourth-order valence-corrected chi connectivity index (χ4v) is 3.28. The fourth-order valence-electron chi connectivity index (χ4n) is 3.28. The van der Waals surface area contributed by atoms with Crippen LogP contribution in [0.1, 0.15) is 45.1 Å². The summed E-state index contributed by atoms with van der Waals surface area (Å²) in [7, 11) is 1.82. The van der Waals surface area contributed by atoms with Crippen LogP contribution < -0.4 is 15.4 Å². The maximum atomic E-state index is 6.07. The van der Waals surface area contributed by atoms with Gasteiger partial charge in [0, 0.05) is 44.8 Å². The van der Waals surface area contributed by atoms with Gasteiger partial charge in [0.2, 0.25) is 0 Å². The van der Waals surface area contributed by atoms with Gasteiger partial charge < -0.3 is 20.1 Å². The summed E-state index contributed by atoms with van der Waals surface area (Å²) >= 11 is 0. The van der Waals surface area contributed by atoms with Gasteiger partial charge in [0.15, 0.2) is 5.96 Å². The molecule has 1 aromatic carbocycles. The molecule has 1 fully saturated rings. The number of unbranched alkanes of at least 4 members (excludes halogenated alkanes) is 2. The summed E-state index contributed by atoms with van der Waals surface area (Å²) in [5.41, 5.74) is 1.14. The number of hydrogen-bond acceptors (Lipinski definition) is 4. The molecule has 1 aromatic rings. The van der Waals surface area contributed by atoms with Crippen LogP contribution in [0.4, 0.5) is 0 Å². The molecule has 1 unspecified atom stereocenters. The molecule has 1 atom stereocenters. The molecule has 6 nitrogen and oxygen atoms in total.